The molecule has 2 fully saturated rings. The lowest BCUT2D eigenvalue weighted by atomic mass is 9.89. The predicted octanol–water partition coefficient (Wildman–Crippen LogP) is 1.41. The number of ether oxygens (including phenoxy) is 2. The molecule has 2 aliphatic heterocycles. The van der Waals surface area contributed by atoms with Gasteiger partial charge in [-0.05, 0) is 52.5 Å². The van der Waals surface area contributed by atoms with Crippen molar-refractivity contribution in [3.8, 4) is 0 Å². The van der Waals surface area contributed by atoms with Crippen molar-refractivity contribution in [3.05, 3.63) is 9.88 Å². The Hall–Kier alpha value is -1.64. The van der Waals surface area contributed by atoms with Crippen molar-refractivity contribution < 1.29 is 14.3 Å². The number of amides is 1. The first kappa shape index (κ1) is 19.7. The van der Waals surface area contributed by atoms with Crippen LogP contribution in [0.3, 0.4) is 0 Å². The number of anilines is 1. The fourth-order valence-corrected chi connectivity index (χ4v) is 5.12. The Labute approximate surface area is 169 Å². The second-order valence-corrected chi connectivity index (χ2v) is 10.1. The van der Waals surface area contributed by atoms with E-state index in [4.69, 9.17) is 20.2 Å². The van der Waals surface area contributed by atoms with Gasteiger partial charge in [-0.3, -0.25) is 0 Å². The van der Waals surface area contributed by atoms with E-state index in [1.165, 1.54) is 10.1 Å². The maximum absolute atomic E-state index is 12.3. The molecule has 8 heteroatoms. The number of thiazole rings is 1. The number of hydrogen-bond donors (Lipinski definition) is 2. The van der Waals surface area contributed by atoms with E-state index in [0.29, 0.717) is 13.1 Å². The van der Waals surface area contributed by atoms with Crippen LogP contribution in [0.2, 0.25) is 0 Å². The Morgan fingerprint density at radius 3 is 3.00 bits per heavy atom. The Balaban J connectivity index is 1.45. The third-order valence-electron chi connectivity index (χ3n) is 5.65. The first-order valence-electron chi connectivity index (χ1n) is 9.99. The van der Waals surface area contributed by atoms with Gasteiger partial charge in [-0.25, -0.2) is 9.78 Å². The number of nitrogens with one attached hydrogen (secondary N) is 1. The molecule has 0 spiro atoms. The van der Waals surface area contributed by atoms with Crippen LogP contribution in [0, 0.1) is 0 Å². The highest BCUT2D eigenvalue weighted by molar-refractivity contribution is 7.13. The highest BCUT2D eigenvalue weighted by Gasteiger charge is 2.37. The fourth-order valence-electron chi connectivity index (χ4n) is 4.13. The van der Waals surface area contributed by atoms with Crippen LogP contribution in [-0.2, 0) is 9.47 Å². The van der Waals surface area contributed by atoms with Crippen LogP contribution < -0.4 is 20.9 Å². The van der Waals surface area contributed by atoms with Gasteiger partial charge in [0.2, 0.25) is 0 Å². The maximum Gasteiger partial charge on any atom is 0.410 e. The van der Waals surface area contributed by atoms with E-state index in [1.54, 1.807) is 16.2 Å². The summed E-state index contributed by atoms with van der Waals surface area (Å²) in [6.45, 7) is 9.65. The Morgan fingerprint density at radius 1 is 1.50 bits per heavy atom. The van der Waals surface area contributed by atoms with Gasteiger partial charge in [0, 0.05) is 25.2 Å². The van der Waals surface area contributed by atoms with Gasteiger partial charge in [-0.15, -0.1) is 0 Å². The van der Waals surface area contributed by atoms with Crippen LogP contribution >= 0.6 is 11.3 Å². The van der Waals surface area contributed by atoms with Gasteiger partial charge in [0.1, 0.15) is 5.60 Å². The maximum atomic E-state index is 12.3. The molecule has 3 atom stereocenters. The summed E-state index contributed by atoms with van der Waals surface area (Å²) in [6, 6.07) is -0.0820. The number of piperidine rings is 1. The van der Waals surface area contributed by atoms with Gasteiger partial charge < -0.3 is 25.4 Å². The van der Waals surface area contributed by atoms with Crippen molar-refractivity contribution in [3.63, 3.8) is 0 Å². The molecule has 1 aromatic heterocycles. The third kappa shape index (κ3) is 3.77. The van der Waals surface area contributed by atoms with Crippen molar-refractivity contribution in [2.24, 2.45) is 5.73 Å². The van der Waals surface area contributed by atoms with E-state index in [1.807, 2.05) is 20.8 Å². The van der Waals surface area contributed by atoms with Crippen LogP contribution in [0.25, 0.3) is 11.6 Å². The molecule has 3 aliphatic rings. The van der Waals surface area contributed by atoms with Gasteiger partial charge in [-0.1, -0.05) is 17.4 Å². The van der Waals surface area contributed by atoms with Gasteiger partial charge in [0.25, 0.3) is 0 Å². The average molecular weight is 407 g/mol. The van der Waals surface area contributed by atoms with E-state index in [9.17, 15) is 4.79 Å². The van der Waals surface area contributed by atoms with Gasteiger partial charge in [-0.2, -0.15) is 0 Å². The molecule has 4 rings (SSSR count). The number of aromatic nitrogens is 1. The van der Waals surface area contributed by atoms with E-state index in [-0.39, 0.29) is 23.8 Å². The minimum atomic E-state index is -0.497. The molecule has 0 radical (unpaired) electrons. The Morgan fingerprint density at radius 2 is 2.29 bits per heavy atom. The summed E-state index contributed by atoms with van der Waals surface area (Å²) in [5, 5.41) is 5.50. The van der Waals surface area contributed by atoms with Crippen molar-refractivity contribution >= 4 is 34.2 Å². The normalized spacial score (nSPS) is 29.8. The molecule has 28 heavy (non-hydrogen) atoms. The summed E-state index contributed by atoms with van der Waals surface area (Å²) < 4.78 is 12.6. The smallest absolute Gasteiger partial charge is 0.410 e. The standard InChI is InChI=1S/C20H30N4O3S/c1-19(2,3)27-18(25)24-9-6-14(13(21)11-24)22-17-23-16-12-7-10-26-20(12,4)8-5-15(16)28-17/h5,13-14H,6-11,21H2,1-4H3,(H,22,23). The second kappa shape index (κ2) is 7.00. The largest absolute Gasteiger partial charge is 0.444 e. The van der Waals surface area contributed by atoms with Crippen LogP contribution in [-0.4, -0.2) is 59.0 Å². The molecule has 3 heterocycles. The lowest BCUT2D eigenvalue weighted by molar-refractivity contribution is 0.0193. The number of carbonyl (C=O) groups is 1. The number of likely N-dealkylation sites (tertiary alicyclic amines) is 1. The van der Waals surface area contributed by atoms with Gasteiger partial charge in [0.15, 0.2) is 5.13 Å². The Kier molecular flexibility index (Phi) is 4.92. The van der Waals surface area contributed by atoms with Gasteiger partial charge >= 0.3 is 6.09 Å². The van der Waals surface area contributed by atoms with Crippen molar-refractivity contribution in [1.29, 1.82) is 0 Å². The topological polar surface area (TPSA) is 89.7 Å². The van der Waals surface area contributed by atoms with Crippen molar-refractivity contribution in [2.45, 2.75) is 70.2 Å². The van der Waals surface area contributed by atoms with Crippen LogP contribution in [0.4, 0.5) is 9.93 Å². The molecule has 0 saturated carbocycles. The number of rotatable bonds is 2. The lowest BCUT2D eigenvalue weighted by Gasteiger charge is -2.37. The predicted molar refractivity (Wildman–Crippen MR) is 111 cm³/mol. The summed E-state index contributed by atoms with van der Waals surface area (Å²) in [7, 11) is 0. The third-order valence-corrected chi connectivity index (χ3v) is 6.63. The molecule has 3 N–H and O–H groups in total. The SMILES string of the molecule is CC(C)(C)OC(=O)N1CCC(Nc2nc3c(s2)=CCC2(C)OCCC=32)C(N)C1. The number of fused-ring (bicyclic) bond motifs is 2. The molecule has 154 valence electrons. The Bertz CT molecular complexity index is 890. The van der Waals surface area contributed by atoms with Crippen LogP contribution in [0.1, 0.15) is 47.0 Å². The molecule has 2 saturated heterocycles. The fraction of sp³-hybridized carbons (Fsp3) is 0.700. The van der Waals surface area contributed by atoms with E-state index in [2.05, 4.69) is 18.3 Å². The van der Waals surface area contributed by atoms with Crippen molar-refractivity contribution in [1.82, 2.24) is 9.88 Å². The summed E-state index contributed by atoms with van der Waals surface area (Å²) >= 11 is 1.68. The molecular weight excluding hydrogens is 376 g/mol. The van der Waals surface area contributed by atoms with E-state index in [0.717, 1.165) is 36.4 Å². The number of nitrogens with two attached hydrogens (primary N) is 1. The zero-order chi connectivity index (χ0) is 20.1. The molecule has 3 unspecified atom stereocenters. The number of hydrogen-bond acceptors (Lipinski definition) is 7. The number of carbonyl (C=O) groups excluding carboxylic acids is 1. The summed E-state index contributed by atoms with van der Waals surface area (Å²) in [5.41, 5.74) is 7.01. The molecule has 1 amide bonds. The summed E-state index contributed by atoms with van der Waals surface area (Å²) in [4.78, 5) is 18.9. The first-order chi connectivity index (χ1) is 13.1. The summed E-state index contributed by atoms with van der Waals surface area (Å²) in [6.07, 6.45) is 4.57. The molecule has 0 aromatic carbocycles. The molecule has 1 aromatic rings. The minimum absolute atomic E-state index is 0.0856. The van der Waals surface area contributed by atoms with Gasteiger partial charge in [0.05, 0.1) is 22.1 Å². The molecular formula is C20H30N4O3S. The lowest BCUT2D eigenvalue weighted by Crippen LogP contribution is -2.56. The molecule has 7 nitrogen and oxygen atoms in total. The first-order valence-corrected chi connectivity index (χ1v) is 10.8. The number of nitrogens with zero attached hydrogens (tertiary/aromatic N) is 2. The quantitative estimate of drug-likeness (QED) is 0.772. The van der Waals surface area contributed by atoms with Crippen LogP contribution in [0.15, 0.2) is 0 Å². The van der Waals surface area contributed by atoms with E-state index < -0.39 is 5.60 Å². The average Bonchev–Trinajstić information content (AvgIpc) is 3.17. The zero-order valence-electron chi connectivity index (χ0n) is 17.1. The second-order valence-electron chi connectivity index (χ2n) is 9.08. The van der Waals surface area contributed by atoms with E-state index >= 15 is 0 Å². The van der Waals surface area contributed by atoms with Crippen molar-refractivity contribution in [2.75, 3.05) is 25.0 Å². The molecule has 0 bridgehead atoms. The zero-order valence-corrected chi connectivity index (χ0v) is 17.9. The highest BCUT2D eigenvalue weighted by atomic mass is 32.1. The van der Waals surface area contributed by atoms with Crippen LogP contribution in [0.5, 0.6) is 0 Å². The monoisotopic (exact) mass is 406 g/mol. The molecule has 1 aliphatic carbocycles. The highest BCUT2D eigenvalue weighted by Crippen LogP contribution is 2.36. The summed E-state index contributed by atoms with van der Waals surface area (Å²) in [5.74, 6) is 0. The minimum Gasteiger partial charge on any atom is -0.444 e.